The van der Waals surface area contributed by atoms with Gasteiger partial charge in [-0.2, -0.15) is 5.21 Å². The summed E-state index contributed by atoms with van der Waals surface area (Å²) in [6.07, 6.45) is 0. The zero-order valence-electron chi connectivity index (χ0n) is 9.68. The zero-order valence-corrected chi connectivity index (χ0v) is 9.68. The molecule has 0 unspecified atom stereocenters. The van der Waals surface area contributed by atoms with Gasteiger partial charge in [0, 0.05) is 13.7 Å². The molecule has 1 heterocycles. The number of H-pyrrole nitrogens is 1. The monoisotopic (exact) mass is 233 g/mol. The van der Waals surface area contributed by atoms with Gasteiger partial charge in [-0.3, -0.25) is 0 Å². The lowest BCUT2D eigenvalue weighted by Gasteiger charge is -2.04. The van der Waals surface area contributed by atoms with Crippen molar-refractivity contribution in [2.75, 3.05) is 7.11 Å². The number of ether oxygens (including phenoxy) is 1. The summed E-state index contributed by atoms with van der Waals surface area (Å²) in [5.74, 6) is 0.668. The first-order valence-electron chi connectivity index (χ1n) is 5.38. The summed E-state index contributed by atoms with van der Waals surface area (Å²) in [5, 5.41) is 16.9. The maximum absolute atomic E-state index is 5.06. The van der Waals surface area contributed by atoms with Gasteiger partial charge in [-0.25, -0.2) is 0 Å². The van der Waals surface area contributed by atoms with Crippen LogP contribution >= 0.6 is 0 Å². The van der Waals surface area contributed by atoms with Crippen LogP contribution in [0.2, 0.25) is 0 Å². The van der Waals surface area contributed by atoms with E-state index in [-0.39, 0.29) is 0 Å². The first kappa shape index (κ1) is 11.7. The fourth-order valence-corrected chi connectivity index (χ4v) is 1.50. The molecule has 0 bridgehead atoms. The highest BCUT2D eigenvalue weighted by Gasteiger charge is 1.98. The molecule has 0 radical (unpaired) electrons. The number of nitrogens with one attached hydrogen (secondary N) is 2. The highest BCUT2D eigenvalue weighted by Crippen LogP contribution is 2.05. The van der Waals surface area contributed by atoms with E-state index in [2.05, 4.69) is 50.2 Å². The number of tetrazole rings is 1. The van der Waals surface area contributed by atoms with Crippen LogP contribution in [0.1, 0.15) is 17.0 Å². The van der Waals surface area contributed by atoms with Gasteiger partial charge in [0.25, 0.3) is 0 Å². The smallest absolute Gasteiger partial charge is 0.188 e. The van der Waals surface area contributed by atoms with E-state index in [1.165, 1.54) is 11.1 Å². The number of aromatic nitrogens is 4. The quantitative estimate of drug-likeness (QED) is 0.765. The second-order valence-electron chi connectivity index (χ2n) is 3.68. The lowest BCUT2D eigenvalue weighted by molar-refractivity contribution is 0.185. The van der Waals surface area contributed by atoms with E-state index >= 15 is 0 Å². The van der Waals surface area contributed by atoms with Gasteiger partial charge in [-0.15, -0.1) is 10.2 Å². The van der Waals surface area contributed by atoms with Crippen molar-refractivity contribution in [2.24, 2.45) is 0 Å². The van der Waals surface area contributed by atoms with Crippen LogP contribution in [-0.2, 0) is 24.4 Å². The van der Waals surface area contributed by atoms with Crippen LogP contribution in [0.3, 0.4) is 0 Å². The molecule has 0 atom stereocenters. The summed E-state index contributed by atoms with van der Waals surface area (Å²) in [5.41, 5.74) is 2.39. The minimum absolute atomic E-state index is 0.607. The Morgan fingerprint density at radius 1 is 1.18 bits per heavy atom. The Morgan fingerprint density at radius 3 is 2.59 bits per heavy atom. The van der Waals surface area contributed by atoms with Gasteiger partial charge in [0.05, 0.1) is 13.2 Å². The van der Waals surface area contributed by atoms with Crippen molar-refractivity contribution >= 4 is 0 Å². The molecule has 0 aliphatic heterocycles. The van der Waals surface area contributed by atoms with Crippen molar-refractivity contribution in [3.8, 4) is 0 Å². The van der Waals surface area contributed by atoms with Crippen LogP contribution in [-0.4, -0.2) is 27.7 Å². The maximum Gasteiger partial charge on any atom is 0.188 e. The van der Waals surface area contributed by atoms with Gasteiger partial charge in [0.2, 0.25) is 0 Å². The van der Waals surface area contributed by atoms with E-state index in [0.29, 0.717) is 19.0 Å². The number of nitrogens with zero attached hydrogens (tertiary/aromatic N) is 3. The fourth-order valence-electron chi connectivity index (χ4n) is 1.50. The highest BCUT2D eigenvalue weighted by molar-refractivity contribution is 5.21. The van der Waals surface area contributed by atoms with E-state index < -0.39 is 0 Å². The van der Waals surface area contributed by atoms with Gasteiger partial charge < -0.3 is 10.1 Å². The molecule has 0 aliphatic carbocycles. The summed E-state index contributed by atoms with van der Waals surface area (Å²) in [6, 6.07) is 8.29. The molecule has 0 aliphatic rings. The molecule has 2 aromatic rings. The van der Waals surface area contributed by atoms with Gasteiger partial charge in [0.15, 0.2) is 5.82 Å². The number of hydrogen-bond acceptors (Lipinski definition) is 5. The number of rotatable bonds is 6. The molecule has 2 rings (SSSR count). The molecule has 90 valence electrons. The van der Waals surface area contributed by atoms with E-state index in [0.717, 1.165) is 6.54 Å². The summed E-state index contributed by atoms with van der Waals surface area (Å²) in [4.78, 5) is 0. The van der Waals surface area contributed by atoms with Crippen LogP contribution < -0.4 is 5.32 Å². The van der Waals surface area contributed by atoms with Crippen LogP contribution in [0, 0.1) is 0 Å². The van der Waals surface area contributed by atoms with Crippen molar-refractivity contribution in [2.45, 2.75) is 19.7 Å². The average Bonchev–Trinajstić information content (AvgIpc) is 2.85. The molecule has 0 saturated carbocycles. The number of aromatic amines is 1. The second kappa shape index (κ2) is 6.07. The van der Waals surface area contributed by atoms with E-state index in [1.54, 1.807) is 7.11 Å². The Labute approximate surface area is 99.4 Å². The Morgan fingerprint density at radius 2 is 1.94 bits per heavy atom. The fraction of sp³-hybridized carbons (Fsp3) is 0.364. The Bertz CT molecular complexity index is 426. The van der Waals surface area contributed by atoms with E-state index in [1.807, 2.05) is 0 Å². The molecule has 1 aromatic heterocycles. The van der Waals surface area contributed by atoms with E-state index in [9.17, 15) is 0 Å². The summed E-state index contributed by atoms with van der Waals surface area (Å²) < 4.78 is 5.06. The Balaban J connectivity index is 1.79. The standard InChI is InChI=1S/C11H15N5O/c1-17-8-10-4-2-9(3-5-10)6-12-7-11-13-15-16-14-11/h2-5,12H,6-8H2,1H3,(H,13,14,15,16). The van der Waals surface area contributed by atoms with Gasteiger partial charge in [-0.1, -0.05) is 29.5 Å². The Kier molecular flexibility index (Phi) is 4.17. The number of benzene rings is 1. The second-order valence-corrected chi connectivity index (χ2v) is 3.68. The predicted octanol–water partition coefficient (Wildman–Crippen LogP) is 0.636. The third kappa shape index (κ3) is 3.61. The molecule has 0 spiro atoms. The lowest BCUT2D eigenvalue weighted by atomic mass is 10.1. The molecule has 2 N–H and O–H groups in total. The lowest BCUT2D eigenvalue weighted by Crippen LogP contribution is -2.13. The molecular weight excluding hydrogens is 218 g/mol. The summed E-state index contributed by atoms with van der Waals surface area (Å²) in [7, 11) is 1.69. The molecule has 17 heavy (non-hydrogen) atoms. The molecule has 0 fully saturated rings. The first-order chi connectivity index (χ1) is 8.38. The van der Waals surface area contributed by atoms with Crippen LogP contribution in [0.5, 0.6) is 0 Å². The molecular formula is C11H15N5O. The van der Waals surface area contributed by atoms with Gasteiger partial charge in [-0.05, 0) is 11.1 Å². The van der Waals surface area contributed by atoms with Crippen molar-refractivity contribution < 1.29 is 4.74 Å². The molecule has 0 amide bonds. The Hall–Kier alpha value is -1.79. The zero-order chi connectivity index (χ0) is 11.9. The van der Waals surface area contributed by atoms with Crippen molar-refractivity contribution in [3.05, 3.63) is 41.2 Å². The molecule has 6 nitrogen and oxygen atoms in total. The van der Waals surface area contributed by atoms with Crippen molar-refractivity contribution in [3.63, 3.8) is 0 Å². The van der Waals surface area contributed by atoms with Crippen molar-refractivity contribution in [1.29, 1.82) is 0 Å². The molecule has 0 saturated heterocycles. The van der Waals surface area contributed by atoms with Crippen LogP contribution in [0.25, 0.3) is 0 Å². The number of methoxy groups -OCH3 is 1. The van der Waals surface area contributed by atoms with Crippen LogP contribution in [0.15, 0.2) is 24.3 Å². The SMILES string of the molecule is COCc1ccc(CNCc2nn[nH]n2)cc1. The van der Waals surface area contributed by atoms with Crippen LogP contribution in [0.4, 0.5) is 0 Å². The summed E-state index contributed by atoms with van der Waals surface area (Å²) in [6.45, 7) is 2.04. The normalized spacial score (nSPS) is 10.6. The molecule has 6 heteroatoms. The largest absolute Gasteiger partial charge is 0.380 e. The number of hydrogen-bond donors (Lipinski definition) is 2. The maximum atomic E-state index is 5.06. The average molecular weight is 233 g/mol. The topological polar surface area (TPSA) is 75.7 Å². The highest BCUT2D eigenvalue weighted by atomic mass is 16.5. The van der Waals surface area contributed by atoms with E-state index in [4.69, 9.17) is 4.74 Å². The minimum Gasteiger partial charge on any atom is -0.380 e. The first-order valence-corrected chi connectivity index (χ1v) is 5.38. The van der Waals surface area contributed by atoms with Gasteiger partial charge in [0.1, 0.15) is 0 Å². The minimum atomic E-state index is 0.607. The third-order valence-electron chi connectivity index (χ3n) is 2.34. The predicted molar refractivity (Wildman–Crippen MR) is 61.9 cm³/mol. The van der Waals surface area contributed by atoms with Gasteiger partial charge >= 0.3 is 0 Å². The van der Waals surface area contributed by atoms with Crippen molar-refractivity contribution in [1.82, 2.24) is 25.9 Å². The molecule has 1 aromatic carbocycles. The summed E-state index contributed by atoms with van der Waals surface area (Å²) >= 11 is 0. The third-order valence-corrected chi connectivity index (χ3v) is 2.34.